The Balaban J connectivity index is 3.25. The monoisotopic (exact) mass is 269 g/mol. The van der Waals surface area contributed by atoms with Gasteiger partial charge in [0.1, 0.15) is 5.56 Å². The van der Waals surface area contributed by atoms with Crippen molar-refractivity contribution in [3.8, 4) is 0 Å². The molecule has 0 aromatic carbocycles. The van der Waals surface area contributed by atoms with Gasteiger partial charge in [-0.1, -0.05) is 32.0 Å². The Labute approximate surface area is 111 Å². The normalized spacial score (nSPS) is 10.2. The maximum Gasteiger partial charge on any atom is 0.339 e. The molecule has 0 unspecified atom stereocenters. The topological polar surface area (TPSA) is 75.1 Å². The first kappa shape index (κ1) is 14.4. The van der Waals surface area contributed by atoms with E-state index in [0.29, 0.717) is 29.1 Å². The third-order valence-corrected chi connectivity index (χ3v) is 2.64. The van der Waals surface area contributed by atoms with E-state index in [9.17, 15) is 9.90 Å². The van der Waals surface area contributed by atoms with E-state index in [0.717, 1.165) is 0 Å². The molecule has 2 N–H and O–H groups in total. The third kappa shape index (κ3) is 3.20. The molecule has 0 spiro atoms. The summed E-state index contributed by atoms with van der Waals surface area (Å²) in [5.41, 5.74) is 1.59. The number of halogens is 1. The summed E-state index contributed by atoms with van der Waals surface area (Å²) in [6.07, 6.45) is 1.25. The highest BCUT2D eigenvalue weighted by Crippen LogP contribution is 2.21. The van der Waals surface area contributed by atoms with Gasteiger partial charge in [0, 0.05) is 5.03 Å². The number of hydrogen-bond donors (Lipinski definition) is 2. The Morgan fingerprint density at radius 3 is 2.50 bits per heavy atom. The van der Waals surface area contributed by atoms with E-state index < -0.39 is 5.97 Å². The Kier molecular flexibility index (Phi) is 5.09. The first-order chi connectivity index (χ1) is 8.51. The van der Waals surface area contributed by atoms with Gasteiger partial charge in [-0.15, -0.1) is 5.10 Å². The quantitative estimate of drug-likeness (QED) is 0.830. The zero-order valence-electron chi connectivity index (χ0n) is 10.5. The summed E-state index contributed by atoms with van der Waals surface area (Å²) in [6, 6.07) is 0. The highest BCUT2D eigenvalue weighted by molar-refractivity contribution is 6.29. The van der Waals surface area contributed by atoms with Crippen LogP contribution in [0.1, 0.15) is 35.5 Å². The predicted octanol–water partition coefficient (Wildman–Crippen LogP) is 2.46. The molecule has 1 aromatic heterocycles. The molecule has 1 heterocycles. The Bertz CT molecular complexity index is 475. The summed E-state index contributed by atoms with van der Waals surface area (Å²) in [4.78, 5) is 11.4. The molecule has 0 aliphatic rings. The smallest absolute Gasteiger partial charge is 0.339 e. The molecule has 0 radical (unpaired) electrons. The van der Waals surface area contributed by atoms with Gasteiger partial charge in [-0.2, -0.15) is 5.10 Å². The third-order valence-electron chi connectivity index (χ3n) is 2.51. The maximum atomic E-state index is 11.4. The molecule has 0 aliphatic heterocycles. The second kappa shape index (κ2) is 6.35. The minimum Gasteiger partial charge on any atom is -0.478 e. The van der Waals surface area contributed by atoms with Crippen LogP contribution < -0.4 is 5.32 Å². The average Bonchev–Trinajstić information content (AvgIpc) is 2.34. The summed E-state index contributed by atoms with van der Waals surface area (Å²) in [5, 5.41) is 20.5. The molecule has 0 atom stereocenters. The van der Waals surface area contributed by atoms with Crippen LogP contribution in [0.3, 0.4) is 0 Å². The van der Waals surface area contributed by atoms with E-state index in [1.54, 1.807) is 0 Å². The molecule has 0 fully saturated rings. The van der Waals surface area contributed by atoms with Crippen molar-refractivity contribution in [1.82, 2.24) is 10.2 Å². The van der Waals surface area contributed by atoms with Crippen molar-refractivity contribution < 1.29 is 9.90 Å². The molecular weight excluding hydrogens is 254 g/mol. The Morgan fingerprint density at radius 1 is 1.39 bits per heavy atom. The number of aromatic carboxylic acids is 1. The van der Waals surface area contributed by atoms with Gasteiger partial charge in [0.25, 0.3) is 0 Å². The second-order valence-corrected chi connectivity index (χ2v) is 4.27. The van der Waals surface area contributed by atoms with Crippen molar-refractivity contribution in [2.45, 2.75) is 26.7 Å². The lowest BCUT2D eigenvalue weighted by molar-refractivity contribution is 0.0696. The van der Waals surface area contributed by atoms with Crippen molar-refractivity contribution in [3.63, 3.8) is 0 Å². The molecule has 98 valence electrons. The lowest BCUT2D eigenvalue weighted by Crippen LogP contribution is -2.15. The molecule has 0 bridgehead atoms. The number of carbonyl (C=O) groups is 1. The molecule has 6 heteroatoms. The van der Waals surface area contributed by atoms with E-state index >= 15 is 0 Å². The summed E-state index contributed by atoms with van der Waals surface area (Å²) < 4.78 is 0. The summed E-state index contributed by atoms with van der Waals surface area (Å²) in [7, 11) is 0. The predicted molar refractivity (Wildman–Crippen MR) is 71.2 cm³/mol. The van der Waals surface area contributed by atoms with Crippen LogP contribution in [0.2, 0.25) is 0 Å². The van der Waals surface area contributed by atoms with Gasteiger partial charge in [0.15, 0.2) is 5.82 Å². The van der Waals surface area contributed by atoms with E-state index in [1.807, 2.05) is 13.8 Å². The SMILES string of the molecule is C=C(Cl)CNc1nnc(CC)c(CC)c1C(=O)O. The minimum absolute atomic E-state index is 0.169. The van der Waals surface area contributed by atoms with Crippen LogP contribution in [-0.2, 0) is 12.8 Å². The molecule has 0 aliphatic carbocycles. The lowest BCUT2D eigenvalue weighted by atomic mass is 10.0. The molecule has 1 rings (SSSR count). The van der Waals surface area contributed by atoms with Crippen LogP contribution in [0, 0.1) is 0 Å². The fraction of sp³-hybridized carbons (Fsp3) is 0.417. The van der Waals surface area contributed by atoms with Gasteiger partial charge in [-0.3, -0.25) is 0 Å². The van der Waals surface area contributed by atoms with Gasteiger partial charge >= 0.3 is 5.97 Å². The number of aromatic nitrogens is 2. The highest BCUT2D eigenvalue weighted by atomic mass is 35.5. The van der Waals surface area contributed by atoms with Gasteiger partial charge in [-0.05, 0) is 18.4 Å². The lowest BCUT2D eigenvalue weighted by Gasteiger charge is -2.13. The highest BCUT2D eigenvalue weighted by Gasteiger charge is 2.19. The molecular formula is C12H16ClN3O2. The second-order valence-electron chi connectivity index (χ2n) is 3.73. The van der Waals surface area contributed by atoms with Gasteiger partial charge in [-0.25, -0.2) is 4.79 Å². The van der Waals surface area contributed by atoms with Crippen molar-refractivity contribution in [2.24, 2.45) is 0 Å². The molecule has 1 aromatic rings. The average molecular weight is 270 g/mol. The Hall–Kier alpha value is -1.62. The molecule has 0 amide bonds. The number of anilines is 1. The standard InChI is InChI=1S/C12H16ClN3O2/c1-4-8-9(5-2)15-16-11(10(8)12(17)18)14-6-7(3)13/h3-6H2,1-2H3,(H,14,16)(H,17,18). The first-order valence-corrected chi connectivity index (χ1v) is 6.07. The minimum atomic E-state index is -1.01. The summed E-state index contributed by atoms with van der Waals surface area (Å²) in [6.45, 7) is 7.60. The van der Waals surface area contributed by atoms with E-state index in [1.165, 1.54) is 0 Å². The largest absolute Gasteiger partial charge is 0.478 e. The van der Waals surface area contributed by atoms with Crippen LogP contribution in [0.4, 0.5) is 5.82 Å². The van der Waals surface area contributed by atoms with Crippen LogP contribution in [0.15, 0.2) is 11.6 Å². The number of carboxylic acids is 1. The summed E-state index contributed by atoms with van der Waals surface area (Å²) in [5.74, 6) is -0.780. The van der Waals surface area contributed by atoms with Crippen molar-refractivity contribution in [1.29, 1.82) is 0 Å². The number of nitrogens with one attached hydrogen (secondary N) is 1. The van der Waals surface area contributed by atoms with Crippen LogP contribution >= 0.6 is 11.6 Å². The van der Waals surface area contributed by atoms with Crippen molar-refractivity contribution in [3.05, 3.63) is 28.4 Å². The summed E-state index contributed by atoms with van der Waals surface area (Å²) >= 11 is 5.64. The van der Waals surface area contributed by atoms with Gasteiger partial charge in [0.05, 0.1) is 12.2 Å². The fourth-order valence-corrected chi connectivity index (χ4v) is 1.77. The number of nitrogens with zero attached hydrogens (tertiary/aromatic N) is 2. The van der Waals surface area contributed by atoms with E-state index in [2.05, 4.69) is 22.1 Å². The van der Waals surface area contributed by atoms with E-state index in [-0.39, 0.29) is 17.9 Å². The van der Waals surface area contributed by atoms with Crippen LogP contribution in [0.5, 0.6) is 0 Å². The maximum absolute atomic E-state index is 11.4. The molecule has 0 saturated carbocycles. The molecule has 18 heavy (non-hydrogen) atoms. The van der Waals surface area contributed by atoms with Crippen molar-refractivity contribution in [2.75, 3.05) is 11.9 Å². The van der Waals surface area contributed by atoms with Crippen molar-refractivity contribution >= 4 is 23.4 Å². The van der Waals surface area contributed by atoms with Crippen LogP contribution in [-0.4, -0.2) is 27.8 Å². The van der Waals surface area contributed by atoms with Crippen LogP contribution in [0.25, 0.3) is 0 Å². The Morgan fingerprint density at radius 2 is 2.06 bits per heavy atom. The molecule has 5 nitrogen and oxygen atoms in total. The number of hydrogen-bond acceptors (Lipinski definition) is 4. The van der Waals surface area contributed by atoms with Gasteiger partial charge < -0.3 is 10.4 Å². The van der Waals surface area contributed by atoms with Gasteiger partial charge in [0.2, 0.25) is 0 Å². The zero-order chi connectivity index (χ0) is 13.7. The number of rotatable bonds is 6. The number of carboxylic acid groups (broad SMARTS) is 1. The fourth-order valence-electron chi connectivity index (χ4n) is 1.71. The van der Waals surface area contributed by atoms with E-state index in [4.69, 9.17) is 11.6 Å². The molecule has 0 saturated heterocycles. The zero-order valence-corrected chi connectivity index (χ0v) is 11.2. The number of aryl methyl sites for hydroxylation is 1. The first-order valence-electron chi connectivity index (χ1n) is 5.70.